The van der Waals surface area contributed by atoms with Crippen LogP contribution in [0.3, 0.4) is 0 Å². The second kappa shape index (κ2) is 7.20. The molecule has 0 N–H and O–H groups in total. The third-order valence-corrected chi connectivity index (χ3v) is 3.96. The molecule has 0 bridgehead atoms. The minimum absolute atomic E-state index is 0.152. The first kappa shape index (κ1) is 16.9. The number of rotatable bonds is 4. The van der Waals surface area contributed by atoms with E-state index in [9.17, 15) is 13.6 Å². The number of aryl methyl sites for hydroxylation is 2. The van der Waals surface area contributed by atoms with Crippen LogP contribution in [0.15, 0.2) is 29.3 Å². The number of halogens is 2. The van der Waals surface area contributed by atoms with Crippen LogP contribution in [-0.4, -0.2) is 16.7 Å². The van der Waals surface area contributed by atoms with Crippen molar-refractivity contribution in [3.8, 4) is 11.8 Å². The van der Waals surface area contributed by atoms with Gasteiger partial charge in [0.25, 0.3) is 0 Å². The topological polar surface area (TPSA) is 63.0 Å². The van der Waals surface area contributed by atoms with E-state index in [-0.39, 0.29) is 11.5 Å². The Bertz CT molecular complexity index is 803. The van der Waals surface area contributed by atoms with Gasteiger partial charge in [-0.25, -0.2) is 13.8 Å². The first-order chi connectivity index (χ1) is 10.9. The van der Waals surface area contributed by atoms with E-state index in [1.165, 1.54) is 0 Å². The van der Waals surface area contributed by atoms with Gasteiger partial charge in [0.15, 0.2) is 11.6 Å². The van der Waals surface area contributed by atoms with Crippen LogP contribution in [0.25, 0.3) is 0 Å². The molecule has 1 heterocycles. The first-order valence-corrected chi connectivity index (χ1v) is 7.56. The highest BCUT2D eigenvalue weighted by molar-refractivity contribution is 7.99. The number of esters is 1. The molecule has 0 aliphatic rings. The van der Waals surface area contributed by atoms with Crippen molar-refractivity contribution >= 4 is 17.7 Å². The molecule has 0 aliphatic heterocycles. The van der Waals surface area contributed by atoms with E-state index in [1.54, 1.807) is 13.0 Å². The Morgan fingerprint density at radius 2 is 2.09 bits per heavy atom. The fourth-order valence-electron chi connectivity index (χ4n) is 1.71. The van der Waals surface area contributed by atoms with E-state index >= 15 is 0 Å². The summed E-state index contributed by atoms with van der Waals surface area (Å²) >= 11 is 1.03. The Morgan fingerprint density at radius 1 is 1.35 bits per heavy atom. The monoisotopic (exact) mass is 334 g/mol. The summed E-state index contributed by atoms with van der Waals surface area (Å²) in [7, 11) is 0. The quantitative estimate of drug-likeness (QED) is 0.486. The number of hydrogen-bond donors (Lipinski definition) is 0. The number of hydrogen-bond acceptors (Lipinski definition) is 5. The van der Waals surface area contributed by atoms with Crippen molar-refractivity contribution in [1.82, 2.24) is 4.98 Å². The highest BCUT2D eigenvalue weighted by Crippen LogP contribution is 2.23. The lowest BCUT2D eigenvalue weighted by atomic mass is 10.2. The van der Waals surface area contributed by atoms with Crippen molar-refractivity contribution in [2.75, 3.05) is 5.75 Å². The molecule has 0 saturated carbocycles. The summed E-state index contributed by atoms with van der Waals surface area (Å²) in [6.07, 6.45) is 0. The summed E-state index contributed by atoms with van der Waals surface area (Å²) in [5, 5.41) is 9.50. The van der Waals surface area contributed by atoms with Crippen LogP contribution in [0.1, 0.15) is 16.8 Å². The summed E-state index contributed by atoms with van der Waals surface area (Å²) in [5.41, 5.74) is 1.99. The highest BCUT2D eigenvalue weighted by atomic mass is 32.2. The zero-order valence-corrected chi connectivity index (χ0v) is 13.2. The van der Waals surface area contributed by atoms with Gasteiger partial charge < -0.3 is 4.74 Å². The van der Waals surface area contributed by atoms with Gasteiger partial charge in [-0.1, -0.05) is 11.8 Å². The van der Waals surface area contributed by atoms with Crippen LogP contribution >= 0.6 is 11.8 Å². The number of nitriles is 1. The number of ether oxygens (including phenoxy) is 1. The molecule has 0 unspecified atom stereocenters. The van der Waals surface area contributed by atoms with Crippen molar-refractivity contribution in [3.05, 3.63) is 52.7 Å². The molecule has 118 valence electrons. The normalized spacial score (nSPS) is 10.2. The molecule has 0 spiro atoms. The maximum atomic E-state index is 13.4. The molecule has 1 aromatic carbocycles. The Hall–Kier alpha value is -2.46. The van der Waals surface area contributed by atoms with Gasteiger partial charge in [0.05, 0.1) is 11.3 Å². The SMILES string of the molecule is Cc1cc(C#N)c(SCC(=O)Oc2ccc(F)cc2F)nc1C. The van der Waals surface area contributed by atoms with Gasteiger partial charge in [-0.2, -0.15) is 5.26 Å². The smallest absolute Gasteiger partial charge is 0.321 e. The van der Waals surface area contributed by atoms with E-state index in [0.717, 1.165) is 35.2 Å². The molecule has 0 atom stereocenters. The lowest BCUT2D eigenvalue weighted by Crippen LogP contribution is -2.12. The Balaban J connectivity index is 2.05. The van der Waals surface area contributed by atoms with Gasteiger partial charge in [0.2, 0.25) is 0 Å². The summed E-state index contributed by atoms with van der Waals surface area (Å²) in [4.78, 5) is 16.0. The lowest BCUT2D eigenvalue weighted by molar-refractivity contribution is -0.131. The zero-order valence-electron chi connectivity index (χ0n) is 12.4. The van der Waals surface area contributed by atoms with E-state index in [1.807, 2.05) is 13.0 Å². The largest absolute Gasteiger partial charge is 0.423 e. The summed E-state index contributed by atoms with van der Waals surface area (Å²) in [6.45, 7) is 3.63. The molecule has 23 heavy (non-hydrogen) atoms. The number of nitrogens with zero attached hydrogens (tertiary/aromatic N) is 2. The third-order valence-electron chi connectivity index (χ3n) is 3.00. The van der Waals surface area contributed by atoms with Gasteiger partial charge in [-0.05, 0) is 37.6 Å². The van der Waals surface area contributed by atoms with E-state index in [0.29, 0.717) is 16.7 Å². The minimum atomic E-state index is -0.953. The molecular formula is C16H12F2N2O2S. The van der Waals surface area contributed by atoms with Gasteiger partial charge in [0.1, 0.15) is 16.9 Å². The van der Waals surface area contributed by atoms with Crippen LogP contribution in [0.2, 0.25) is 0 Å². The van der Waals surface area contributed by atoms with Crippen molar-refractivity contribution in [1.29, 1.82) is 5.26 Å². The van der Waals surface area contributed by atoms with Crippen molar-refractivity contribution in [2.24, 2.45) is 0 Å². The number of thioether (sulfide) groups is 1. The highest BCUT2D eigenvalue weighted by Gasteiger charge is 2.14. The maximum Gasteiger partial charge on any atom is 0.321 e. The van der Waals surface area contributed by atoms with Crippen LogP contribution in [-0.2, 0) is 4.79 Å². The van der Waals surface area contributed by atoms with Gasteiger partial charge >= 0.3 is 5.97 Å². The molecule has 0 fully saturated rings. The van der Waals surface area contributed by atoms with E-state index in [2.05, 4.69) is 4.98 Å². The number of carbonyl (C=O) groups excluding carboxylic acids is 1. The molecule has 0 saturated heterocycles. The van der Waals surface area contributed by atoms with Crippen molar-refractivity contribution in [3.63, 3.8) is 0 Å². The Labute approximate surface area is 136 Å². The second-order valence-corrected chi connectivity index (χ2v) is 5.66. The Kier molecular flexibility index (Phi) is 5.29. The van der Waals surface area contributed by atoms with Crippen LogP contribution in [0.5, 0.6) is 5.75 Å². The molecule has 0 aliphatic carbocycles. The molecule has 1 aromatic heterocycles. The fourth-order valence-corrected chi connectivity index (χ4v) is 2.49. The van der Waals surface area contributed by atoms with Gasteiger partial charge in [-0.3, -0.25) is 4.79 Å². The molecule has 2 rings (SSSR count). The van der Waals surface area contributed by atoms with Crippen molar-refractivity contribution < 1.29 is 18.3 Å². The number of carbonyl (C=O) groups is 1. The van der Waals surface area contributed by atoms with E-state index in [4.69, 9.17) is 10.00 Å². The van der Waals surface area contributed by atoms with Crippen LogP contribution in [0, 0.1) is 36.8 Å². The Morgan fingerprint density at radius 3 is 2.74 bits per heavy atom. The summed E-state index contributed by atoms with van der Waals surface area (Å²) < 4.78 is 31.0. The lowest BCUT2D eigenvalue weighted by Gasteiger charge is -2.07. The average molecular weight is 334 g/mol. The van der Waals surface area contributed by atoms with Crippen molar-refractivity contribution in [2.45, 2.75) is 18.9 Å². The van der Waals surface area contributed by atoms with Crippen LogP contribution in [0.4, 0.5) is 8.78 Å². The minimum Gasteiger partial charge on any atom is -0.423 e. The standard InChI is InChI=1S/C16H12F2N2O2S/c1-9-5-11(7-19)16(20-10(9)2)23-8-15(21)22-14-4-3-12(17)6-13(14)18/h3-6H,8H2,1-2H3. The second-order valence-electron chi connectivity index (χ2n) is 4.69. The average Bonchev–Trinajstić information content (AvgIpc) is 2.50. The molecule has 4 nitrogen and oxygen atoms in total. The molecule has 2 aromatic rings. The van der Waals surface area contributed by atoms with Gasteiger partial charge in [-0.15, -0.1) is 0 Å². The molecule has 7 heteroatoms. The van der Waals surface area contributed by atoms with Crippen LogP contribution < -0.4 is 4.74 Å². The number of aromatic nitrogens is 1. The first-order valence-electron chi connectivity index (χ1n) is 6.57. The summed E-state index contributed by atoms with van der Waals surface area (Å²) in [5.74, 6) is -2.92. The van der Waals surface area contributed by atoms with Gasteiger partial charge in [0, 0.05) is 11.8 Å². The zero-order chi connectivity index (χ0) is 17.0. The fraction of sp³-hybridized carbons (Fsp3) is 0.188. The number of pyridine rings is 1. The molecular weight excluding hydrogens is 322 g/mol. The van der Waals surface area contributed by atoms with E-state index < -0.39 is 17.6 Å². The number of benzene rings is 1. The molecule has 0 radical (unpaired) electrons. The summed E-state index contributed by atoms with van der Waals surface area (Å²) in [6, 6.07) is 6.38. The molecule has 0 amide bonds. The third kappa shape index (κ3) is 4.27. The predicted molar refractivity (Wildman–Crippen MR) is 81.1 cm³/mol. The predicted octanol–water partition coefficient (Wildman–Crippen LogP) is 3.55. The maximum absolute atomic E-state index is 13.4.